The van der Waals surface area contributed by atoms with Crippen molar-refractivity contribution in [3.63, 3.8) is 0 Å². The number of H-pyrrole nitrogens is 1. The zero-order valence-corrected chi connectivity index (χ0v) is 8.52. The monoisotopic (exact) mass is 257 g/mol. The number of nitrogens with two attached hydrogens (primary N) is 3. The minimum atomic E-state index is -4.67. The van der Waals surface area contributed by atoms with Crippen LogP contribution in [0, 0.1) is 0 Å². The number of hydrogen-bond donors (Lipinski definition) is 6. The van der Waals surface area contributed by atoms with Crippen LogP contribution in [0.25, 0.3) is 0 Å². The number of aromatic amines is 1. The Morgan fingerprint density at radius 2 is 1.56 bits per heavy atom. The van der Waals surface area contributed by atoms with Crippen molar-refractivity contribution in [1.82, 2.24) is 9.97 Å². The summed E-state index contributed by atoms with van der Waals surface area (Å²) in [4.78, 5) is 16.4. The molecule has 0 aliphatic rings. The second kappa shape index (κ2) is 5.86. The molecule has 0 amide bonds. The van der Waals surface area contributed by atoms with Gasteiger partial charge >= 0.3 is 10.4 Å². The third-order valence-electron chi connectivity index (χ3n) is 1.00. The Balaban J connectivity index is 0. The van der Waals surface area contributed by atoms with Crippen molar-refractivity contribution in [1.29, 1.82) is 0 Å². The van der Waals surface area contributed by atoms with Gasteiger partial charge in [-0.15, -0.1) is 0 Å². The minimum Gasteiger partial charge on any atom is -0.412 e. The molecule has 11 nitrogen and oxygen atoms in total. The average Bonchev–Trinajstić information content (AvgIpc) is 1.96. The van der Waals surface area contributed by atoms with Gasteiger partial charge in [-0.25, -0.2) is 0 Å². The molecule has 1 aromatic rings. The van der Waals surface area contributed by atoms with E-state index < -0.39 is 16.0 Å². The molecular weight excluding hydrogens is 246 g/mol. The van der Waals surface area contributed by atoms with Gasteiger partial charge in [-0.3, -0.25) is 18.9 Å². The summed E-state index contributed by atoms with van der Waals surface area (Å²) in [5.74, 6) is -0.0713. The number of rotatable bonds is 0. The second-order valence-corrected chi connectivity index (χ2v) is 3.09. The molecule has 0 unspecified atom stereocenters. The SMILES string of the molecule is Nc1nc(N)c(N)c(=O)[nH]1.O.O=S(=O)(O)O. The molecule has 0 spiro atoms. The van der Waals surface area contributed by atoms with Gasteiger partial charge in [0, 0.05) is 0 Å². The molecule has 0 aliphatic heterocycles. The number of aromatic nitrogens is 2. The van der Waals surface area contributed by atoms with Crippen molar-refractivity contribution in [2.24, 2.45) is 0 Å². The first-order chi connectivity index (χ1) is 6.61. The molecule has 1 aromatic heterocycles. The fourth-order valence-electron chi connectivity index (χ4n) is 0.518. The van der Waals surface area contributed by atoms with E-state index in [1.807, 2.05) is 0 Å². The third-order valence-corrected chi connectivity index (χ3v) is 1.00. The summed E-state index contributed by atoms with van der Waals surface area (Å²) >= 11 is 0. The van der Waals surface area contributed by atoms with E-state index in [1.54, 1.807) is 0 Å². The molecule has 0 aliphatic carbocycles. The van der Waals surface area contributed by atoms with Gasteiger partial charge in [-0.05, 0) is 0 Å². The summed E-state index contributed by atoms with van der Waals surface area (Å²) in [5, 5.41) is 0. The number of nitrogens with zero attached hydrogens (tertiary/aromatic N) is 1. The molecule has 0 saturated carbocycles. The van der Waals surface area contributed by atoms with Crippen LogP contribution in [0.3, 0.4) is 0 Å². The summed E-state index contributed by atoms with van der Waals surface area (Å²) < 4.78 is 31.6. The number of nitrogens with one attached hydrogen (secondary N) is 1. The second-order valence-electron chi connectivity index (χ2n) is 2.20. The van der Waals surface area contributed by atoms with E-state index in [0.29, 0.717) is 0 Å². The van der Waals surface area contributed by atoms with Crippen LogP contribution in [-0.4, -0.2) is 33.0 Å². The smallest absolute Gasteiger partial charge is 0.394 e. The summed E-state index contributed by atoms with van der Waals surface area (Å²) in [5.41, 5.74) is 14.9. The van der Waals surface area contributed by atoms with Crippen LogP contribution < -0.4 is 22.8 Å². The molecule has 0 fully saturated rings. The van der Waals surface area contributed by atoms with E-state index in [4.69, 9.17) is 34.7 Å². The van der Waals surface area contributed by atoms with E-state index in [2.05, 4.69) is 9.97 Å². The van der Waals surface area contributed by atoms with Gasteiger partial charge in [0.1, 0.15) is 5.69 Å². The fourth-order valence-corrected chi connectivity index (χ4v) is 0.518. The first-order valence-electron chi connectivity index (χ1n) is 3.22. The molecule has 16 heavy (non-hydrogen) atoms. The van der Waals surface area contributed by atoms with Crippen molar-refractivity contribution in [2.75, 3.05) is 17.2 Å². The van der Waals surface area contributed by atoms with E-state index in [0.717, 1.165) is 0 Å². The molecule has 11 N–H and O–H groups in total. The molecule has 1 rings (SSSR count). The number of hydrogen-bond acceptors (Lipinski definition) is 7. The average molecular weight is 257 g/mol. The van der Waals surface area contributed by atoms with E-state index in [-0.39, 0.29) is 22.9 Å². The summed E-state index contributed by atoms with van der Waals surface area (Å²) in [7, 11) is -4.67. The van der Waals surface area contributed by atoms with Crippen molar-refractivity contribution in [2.45, 2.75) is 0 Å². The highest BCUT2D eigenvalue weighted by Crippen LogP contribution is 2.02. The van der Waals surface area contributed by atoms with E-state index in [1.165, 1.54) is 0 Å². The Morgan fingerprint density at radius 3 is 1.88 bits per heavy atom. The standard InChI is InChI=1S/C4H7N5O.H2O4S.H2O/c5-1-2(6)8-4(7)9-3(1)10;1-5(2,3)4;/h5H2,(H5,6,7,8,9,10);(H2,1,2,3,4);1H2. The topological polar surface area (TPSA) is 230 Å². The summed E-state index contributed by atoms with van der Waals surface area (Å²) in [6.45, 7) is 0. The lowest BCUT2D eigenvalue weighted by Crippen LogP contribution is -2.17. The molecule has 0 aromatic carbocycles. The van der Waals surface area contributed by atoms with Crippen molar-refractivity contribution < 1.29 is 23.0 Å². The van der Waals surface area contributed by atoms with Crippen LogP contribution in [0.1, 0.15) is 0 Å². The van der Waals surface area contributed by atoms with Gasteiger partial charge in [-0.2, -0.15) is 13.4 Å². The molecule has 0 atom stereocenters. The van der Waals surface area contributed by atoms with Gasteiger partial charge in [0.2, 0.25) is 5.95 Å². The summed E-state index contributed by atoms with van der Waals surface area (Å²) in [6, 6.07) is 0. The number of anilines is 3. The van der Waals surface area contributed by atoms with E-state index >= 15 is 0 Å². The molecule has 0 saturated heterocycles. The summed E-state index contributed by atoms with van der Waals surface area (Å²) in [6.07, 6.45) is 0. The highest BCUT2D eigenvalue weighted by atomic mass is 32.3. The van der Waals surface area contributed by atoms with Gasteiger partial charge in [0.05, 0.1) is 0 Å². The third kappa shape index (κ3) is 7.51. The molecular formula is C4H11N5O6S. The largest absolute Gasteiger partial charge is 0.412 e. The molecule has 12 heteroatoms. The maximum Gasteiger partial charge on any atom is 0.394 e. The minimum absolute atomic E-state index is 0. The van der Waals surface area contributed by atoms with Crippen LogP contribution in [0.5, 0.6) is 0 Å². The van der Waals surface area contributed by atoms with E-state index in [9.17, 15) is 4.79 Å². The molecule has 1 heterocycles. The zero-order chi connectivity index (χ0) is 12.2. The van der Waals surface area contributed by atoms with Gasteiger partial charge in [0.25, 0.3) is 5.56 Å². The van der Waals surface area contributed by atoms with Gasteiger partial charge in [-0.1, -0.05) is 0 Å². The highest BCUT2D eigenvalue weighted by Gasteiger charge is 2.00. The Labute approximate surface area is 89.2 Å². The predicted molar refractivity (Wildman–Crippen MR) is 55.9 cm³/mol. The predicted octanol–water partition coefficient (Wildman–Crippen LogP) is -2.96. The lowest BCUT2D eigenvalue weighted by atomic mass is 10.5. The Bertz CT molecular complexity index is 486. The molecule has 0 radical (unpaired) electrons. The van der Waals surface area contributed by atoms with Crippen LogP contribution >= 0.6 is 0 Å². The van der Waals surface area contributed by atoms with Crippen LogP contribution in [0.2, 0.25) is 0 Å². The molecule has 94 valence electrons. The Kier molecular flexibility index (Phi) is 6.06. The first kappa shape index (κ1) is 16.5. The zero-order valence-electron chi connectivity index (χ0n) is 7.71. The van der Waals surface area contributed by atoms with Crippen LogP contribution in [0.15, 0.2) is 4.79 Å². The normalized spacial score (nSPS) is 9.62. The maximum atomic E-state index is 10.7. The Hall–Kier alpha value is -1.89. The lowest BCUT2D eigenvalue weighted by Gasteiger charge is -1.96. The van der Waals surface area contributed by atoms with Crippen LogP contribution in [-0.2, 0) is 10.4 Å². The van der Waals surface area contributed by atoms with Gasteiger partial charge in [0.15, 0.2) is 5.82 Å². The fraction of sp³-hybridized carbons (Fsp3) is 0. The van der Waals surface area contributed by atoms with Crippen molar-refractivity contribution >= 4 is 27.9 Å². The Morgan fingerprint density at radius 1 is 1.19 bits per heavy atom. The van der Waals surface area contributed by atoms with Crippen molar-refractivity contribution in [3.05, 3.63) is 10.4 Å². The first-order valence-corrected chi connectivity index (χ1v) is 4.61. The van der Waals surface area contributed by atoms with Crippen molar-refractivity contribution in [3.8, 4) is 0 Å². The number of nitrogen functional groups attached to an aromatic ring is 3. The molecule has 0 bridgehead atoms. The highest BCUT2D eigenvalue weighted by molar-refractivity contribution is 7.79. The lowest BCUT2D eigenvalue weighted by molar-refractivity contribution is 0.381. The van der Waals surface area contributed by atoms with Crippen LogP contribution in [0.4, 0.5) is 17.5 Å². The maximum absolute atomic E-state index is 10.7. The quantitative estimate of drug-likeness (QED) is 0.260. The van der Waals surface area contributed by atoms with Gasteiger partial charge < -0.3 is 22.7 Å².